The maximum Gasteiger partial charge on any atom is 0.325 e. The average molecular weight is 385 g/mol. The van der Waals surface area contributed by atoms with Crippen LogP contribution in [0.25, 0.3) is 0 Å². The normalized spacial score (nSPS) is 25.0. The predicted octanol–water partition coefficient (Wildman–Crippen LogP) is 0.117. The Kier molecular flexibility index (Phi) is 4.74. The summed E-state index contributed by atoms with van der Waals surface area (Å²) >= 11 is 0. The van der Waals surface area contributed by atoms with Gasteiger partial charge in [-0.1, -0.05) is 6.07 Å². The Hall–Kier alpha value is -2.97. The van der Waals surface area contributed by atoms with Crippen molar-refractivity contribution < 1.29 is 19.2 Å². The van der Waals surface area contributed by atoms with E-state index in [4.69, 9.17) is 0 Å². The Morgan fingerprint density at radius 2 is 1.93 bits per heavy atom. The number of amides is 5. The molecule has 0 aliphatic carbocycles. The number of likely N-dealkylation sites (tertiary alicyclic amines) is 2. The van der Waals surface area contributed by atoms with Gasteiger partial charge in [0.25, 0.3) is 5.91 Å². The van der Waals surface area contributed by atoms with Crippen LogP contribution in [-0.2, 0) is 20.9 Å². The number of nitrogens with one attached hydrogen (secondary N) is 1. The topological polar surface area (TPSA) is 103 Å². The van der Waals surface area contributed by atoms with E-state index < -0.39 is 17.5 Å². The SMILES string of the molecule is O=C1CNC(=O)N1CC(=O)N1CCCC12CCCN(Cc1ccccn1)C2=O. The molecule has 9 heteroatoms. The van der Waals surface area contributed by atoms with Gasteiger partial charge in [0.2, 0.25) is 11.8 Å². The van der Waals surface area contributed by atoms with Crippen molar-refractivity contribution in [2.24, 2.45) is 0 Å². The maximum absolute atomic E-state index is 13.4. The number of urea groups is 1. The first kappa shape index (κ1) is 18.4. The lowest BCUT2D eigenvalue weighted by Gasteiger charge is -2.44. The molecule has 1 atom stereocenters. The van der Waals surface area contributed by atoms with Gasteiger partial charge in [0.1, 0.15) is 12.1 Å². The number of aromatic nitrogens is 1. The quantitative estimate of drug-likeness (QED) is 0.742. The standard InChI is InChI=1S/C19H23N5O4/c25-15-11-21-18(28)23(15)13-16(26)24-10-4-7-19(24)6-3-9-22(17(19)27)12-14-5-1-2-8-20-14/h1-2,5,8H,3-4,6-7,9-13H2,(H,21,28). The van der Waals surface area contributed by atoms with E-state index in [-0.39, 0.29) is 24.9 Å². The second-order valence-electron chi connectivity index (χ2n) is 7.47. The van der Waals surface area contributed by atoms with Crippen molar-refractivity contribution >= 4 is 23.8 Å². The van der Waals surface area contributed by atoms with Gasteiger partial charge in [0, 0.05) is 19.3 Å². The van der Waals surface area contributed by atoms with Crippen LogP contribution >= 0.6 is 0 Å². The summed E-state index contributed by atoms with van der Waals surface area (Å²) < 4.78 is 0. The van der Waals surface area contributed by atoms with Crippen molar-refractivity contribution in [3.63, 3.8) is 0 Å². The Labute approximate surface area is 162 Å². The van der Waals surface area contributed by atoms with E-state index in [0.29, 0.717) is 32.5 Å². The van der Waals surface area contributed by atoms with Crippen LogP contribution < -0.4 is 5.32 Å². The zero-order valence-corrected chi connectivity index (χ0v) is 15.6. The summed E-state index contributed by atoms with van der Waals surface area (Å²) in [5.74, 6) is -0.832. The fourth-order valence-electron chi connectivity index (χ4n) is 4.46. The van der Waals surface area contributed by atoms with Crippen LogP contribution in [0.15, 0.2) is 24.4 Å². The van der Waals surface area contributed by atoms with Gasteiger partial charge in [0.15, 0.2) is 0 Å². The summed E-state index contributed by atoms with van der Waals surface area (Å²) in [7, 11) is 0. The molecule has 1 N–H and O–H groups in total. The third-order valence-corrected chi connectivity index (χ3v) is 5.80. The summed E-state index contributed by atoms with van der Waals surface area (Å²) in [5.41, 5.74) is -0.0632. The van der Waals surface area contributed by atoms with Crippen molar-refractivity contribution in [3.8, 4) is 0 Å². The van der Waals surface area contributed by atoms with E-state index in [2.05, 4.69) is 10.3 Å². The van der Waals surface area contributed by atoms with E-state index in [1.807, 2.05) is 18.2 Å². The number of piperidine rings is 1. The lowest BCUT2D eigenvalue weighted by atomic mass is 9.85. The maximum atomic E-state index is 13.4. The summed E-state index contributed by atoms with van der Waals surface area (Å²) in [6.07, 6.45) is 4.44. The highest BCUT2D eigenvalue weighted by atomic mass is 16.2. The molecule has 4 heterocycles. The number of carbonyl (C=O) groups is 4. The monoisotopic (exact) mass is 385 g/mol. The van der Waals surface area contributed by atoms with Gasteiger partial charge in [0.05, 0.1) is 18.8 Å². The lowest BCUT2D eigenvalue weighted by Crippen LogP contribution is -2.62. The predicted molar refractivity (Wildman–Crippen MR) is 97.7 cm³/mol. The molecule has 28 heavy (non-hydrogen) atoms. The molecule has 3 fully saturated rings. The second kappa shape index (κ2) is 7.21. The number of hydrogen-bond donors (Lipinski definition) is 1. The summed E-state index contributed by atoms with van der Waals surface area (Å²) in [5, 5.41) is 2.41. The molecule has 0 saturated carbocycles. The summed E-state index contributed by atoms with van der Waals surface area (Å²) in [6.45, 7) is 1.10. The highest BCUT2D eigenvalue weighted by molar-refractivity contribution is 6.05. The third kappa shape index (κ3) is 3.10. The van der Waals surface area contributed by atoms with Crippen LogP contribution in [0.4, 0.5) is 4.79 Å². The van der Waals surface area contributed by atoms with Crippen molar-refractivity contribution in [2.45, 2.75) is 37.8 Å². The number of hydrogen-bond acceptors (Lipinski definition) is 5. The van der Waals surface area contributed by atoms with Crippen molar-refractivity contribution in [1.29, 1.82) is 0 Å². The van der Waals surface area contributed by atoms with Gasteiger partial charge in [-0.25, -0.2) is 4.79 Å². The van der Waals surface area contributed by atoms with E-state index in [0.717, 1.165) is 23.4 Å². The molecule has 3 aliphatic rings. The number of rotatable bonds is 4. The van der Waals surface area contributed by atoms with Crippen LogP contribution in [0, 0.1) is 0 Å². The van der Waals surface area contributed by atoms with Gasteiger partial charge in [-0.15, -0.1) is 0 Å². The third-order valence-electron chi connectivity index (χ3n) is 5.80. The van der Waals surface area contributed by atoms with Crippen molar-refractivity contribution in [1.82, 2.24) is 25.0 Å². The van der Waals surface area contributed by atoms with E-state index in [1.54, 1.807) is 16.0 Å². The minimum absolute atomic E-state index is 0.0625. The smallest absolute Gasteiger partial charge is 0.325 e. The van der Waals surface area contributed by atoms with Crippen molar-refractivity contribution in [3.05, 3.63) is 30.1 Å². The first-order valence-corrected chi connectivity index (χ1v) is 9.59. The summed E-state index contributed by atoms with van der Waals surface area (Å²) in [6, 6.07) is 5.04. The molecule has 0 aromatic carbocycles. The van der Waals surface area contributed by atoms with Crippen LogP contribution in [0.2, 0.25) is 0 Å². The van der Waals surface area contributed by atoms with Crippen LogP contribution in [0.3, 0.4) is 0 Å². The molecule has 1 aromatic rings. The number of nitrogens with zero attached hydrogens (tertiary/aromatic N) is 4. The molecule has 0 radical (unpaired) electrons. The highest BCUT2D eigenvalue weighted by Gasteiger charge is 2.53. The molecule has 1 aromatic heterocycles. The van der Waals surface area contributed by atoms with Gasteiger partial charge >= 0.3 is 6.03 Å². The molecule has 5 amide bonds. The van der Waals surface area contributed by atoms with E-state index in [9.17, 15) is 19.2 Å². The Bertz CT molecular complexity index is 798. The second-order valence-corrected chi connectivity index (χ2v) is 7.47. The number of imide groups is 1. The van der Waals surface area contributed by atoms with Gasteiger partial charge in [-0.3, -0.25) is 24.3 Å². The summed E-state index contributed by atoms with van der Waals surface area (Å²) in [4.78, 5) is 58.5. The lowest BCUT2D eigenvalue weighted by molar-refractivity contribution is -0.156. The van der Waals surface area contributed by atoms with Gasteiger partial charge in [-0.2, -0.15) is 0 Å². The van der Waals surface area contributed by atoms with Gasteiger partial charge < -0.3 is 15.1 Å². The molecule has 0 bridgehead atoms. The molecule has 3 saturated heterocycles. The number of pyridine rings is 1. The largest absolute Gasteiger partial charge is 0.335 e. The minimum Gasteiger partial charge on any atom is -0.335 e. The molecule has 9 nitrogen and oxygen atoms in total. The average Bonchev–Trinajstić information content (AvgIpc) is 3.25. The van der Waals surface area contributed by atoms with Crippen molar-refractivity contribution in [2.75, 3.05) is 26.2 Å². The molecule has 3 aliphatic heterocycles. The first-order chi connectivity index (χ1) is 13.5. The Morgan fingerprint density at radius 1 is 1.14 bits per heavy atom. The molecule has 4 rings (SSSR count). The molecule has 1 unspecified atom stereocenters. The molecule has 148 valence electrons. The molecular weight excluding hydrogens is 362 g/mol. The van der Waals surface area contributed by atoms with Crippen LogP contribution in [0.1, 0.15) is 31.4 Å². The first-order valence-electron chi connectivity index (χ1n) is 9.59. The van der Waals surface area contributed by atoms with Gasteiger partial charge in [-0.05, 0) is 37.8 Å². The molecular formula is C19H23N5O4. The Morgan fingerprint density at radius 3 is 2.61 bits per heavy atom. The number of carbonyl (C=O) groups excluding carboxylic acids is 4. The fourth-order valence-corrected chi connectivity index (χ4v) is 4.46. The fraction of sp³-hybridized carbons (Fsp3) is 0.526. The Balaban J connectivity index is 1.51. The zero-order valence-electron chi connectivity index (χ0n) is 15.6. The van der Waals surface area contributed by atoms with Crippen LogP contribution in [-0.4, -0.2) is 75.2 Å². The van der Waals surface area contributed by atoms with Crippen LogP contribution in [0.5, 0.6) is 0 Å². The van der Waals surface area contributed by atoms with E-state index >= 15 is 0 Å². The zero-order chi connectivity index (χ0) is 19.7. The minimum atomic E-state index is -0.872. The molecule has 1 spiro atoms. The van der Waals surface area contributed by atoms with E-state index in [1.165, 1.54) is 0 Å². The highest BCUT2D eigenvalue weighted by Crippen LogP contribution is 2.38.